The summed E-state index contributed by atoms with van der Waals surface area (Å²) < 4.78 is 32.1. The first-order chi connectivity index (χ1) is 9.86. The molecule has 0 unspecified atom stereocenters. The lowest BCUT2D eigenvalue weighted by Gasteiger charge is -2.18. The summed E-state index contributed by atoms with van der Waals surface area (Å²) >= 11 is 3.25. The van der Waals surface area contributed by atoms with Gasteiger partial charge in [0.15, 0.2) is 0 Å². The van der Waals surface area contributed by atoms with Crippen molar-refractivity contribution in [3.05, 3.63) is 51.9 Å². The minimum Gasteiger partial charge on any atom is -0.469 e. The van der Waals surface area contributed by atoms with Crippen LogP contribution < -0.4 is 0 Å². The first-order valence-electron chi connectivity index (χ1n) is 6.25. The van der Waals surface area contributed by atoms with Gasteiger partial charge < -0.3 is 9.52 Å². The number of furan rings is 1. The molecule has 0 aliphatic rings. The van der Waals surface area contributed by atoms with Gasteiger partial charge in [-0.25, -0.2) is 8.42 Å². The zero-order valence-corrected chi connectivity index (χ0v) is 14.1. The van der Waals surface area contributed by atoms with Crippen LogP contribution in [0.5, 0.6) is 0 Å². The molecule has 5 nitrogen and oxygen atoms in total. The predicted octanol–water partition coefficient (Wildman–Crippen LogP) is 2.66. The third-order valence-electron chi connectivity index (χ3n) is 3.23. The summed E-state index contributed by atoms with van der Waals surface area (Å²) in [6, 6.07) is 6.44. The smallest absolute Gasteiger partial charge is 0.244 e. The molecule has 0 fully saturated rings. The van der Waals surface area contributed by atoms with Crippen molar-refractivity contribution in [2.45, 2.75) is 25.0 Å². The van der Waals surface area contributed by atoms with Crippen LogP contribution in [0.2, 0.25) is 0 Å². The molecule has 0 aliphatic heterocycles. The molecule has 7 heteroatoms. The number of sulfonamides is 1. The standard InChI is InChI=1S/C14H16BrNO4S/c1-10-12(5-6-20-10)8-16(2)21(18,19)14-4-3-11(9-17)7-13(14)15/h3-7,17H,8-9H2,1-2H3. The van der Waals surface area contributed by atoms with E-state index in [0.29, 0.717) is 15.8 Å². The molecule has 0 saturated heterocycles. The molecule has 1 heterocycles. The van der Waals surface area contributed by atoms with Crippen LogP contribution in [-0.2, 0) is 23.2 Å². The summed E-state index contributed by atoms with van der Waals surface area (Å²) in [6.45, 7) is 1.89. The molecular weight excluding hydrogens is 358 g/mol. The Morgan fingerprint density at radius 1 is 1.33 bits per heavy atom. The van der Waals surface area contributed by atoms with E-state index in [0.717, 1.165) is 5.56 Å². The topological polar surface area (TPSA) is 70.8 Å². The van der Waals surface area contributed by atoms with Crippen molar-refractivity contribution < 1.29 is 17.9 Å². The zero-order valence-electron chi connectivity index (χ0n) is 11.7. The van der Waals surface area contributed by atoms with E-state index in [9.17, 15) is 8.42 Å². The van der Waals surface area contributed by atoms with E-state index in [2.05, 4.69) is 15.9 Å². The number of hydrogen-bond donors (Lipinski definition) is 1. The molecule has 0 amide bonds. The van der Waals surface area contributed by atoms with E-state index >= 15 is 0 Å². The van der Waals surface area contributed by atoms with Crippen molar-refractivity contribution in [1.82, 2.24) is 4.31 Å². The Balaban J connectivity index is 2.31. The van der Waals surface area contributed by atoms with Gasteiger partial charge in [0.05, 0.1) is 17.8 Å². The molecule has 114 valence electrons. The second kappa shape index (κ2) is 6.31. The highest BCUT2D eigenvalue weighted by atomic mass is 79.9. The molecule has 21 heavy (non-hydrogen) atoms. The highest BCUT2D eigenvalue weighted by molar-refractivity contribution is 9.10. The van der Waals surface area contributed by atoms with Gasteiger partial charge in [0, 0.05) is 23.6 Å². The molecule has 1 aromatic heterocycles. The summed E-state index contributed by atoms with van der Waals surface area (Å²) in [5.74, 6) is 0.701. The third-order valence-corrected chi connectivity index (χ3v) is 6.01. The second-order valence-corrected chi connectivity index (χ2v) is 7.55. The van der Waals surface area contributed by atoms with Crippen molar-refractivity contribution in [1.29, 1.82) is 0 Å². The van der Waals surface area contributed by atoms with Crippen molar-refractivity contribution in [3.63, 3.8) is 0 Å². The number of halogens is 1. The molecule has 2 rings (SSSR count). The zero-order chi connectivity index (χ0) is 15.6. The van der Waals surface area contributed by atoms with Crippen molar-refractivity contribution in [2.75, 3.05) is 7.05 Å². The molecule has 0 spiro atoms. The number of aliphatic hydroxyl groups is 1. The summed E-state index contributed by atoms with van der Waals surface area (Å²) in [4.78, 5) is 0.170. The highest BCUT2D eigenvalue weighted by Crippen LogP contribution is 2.27. The number of hydrogen-bond acceptors (Lipinski definition) is 4. The van der Waals surface area contributed by atoms with E-state index < -0.39 is 10.0 Å². The van der Waals surface area contributed by atoms with E-state index in [4.69, 9.17) is 9.52 Å². The lowest BCUT2D eigenvalue weighted by molar-refractivity contribution is 0.281. The number of aryl methyl sites for hydroxylation is 1. The van der Waals surface area contributed by atoms with Gasteiger partial charge in [0.1, 0.15) is 5.76 Å². The number of rotatable bonds is 5. The van der Waals surface area contributed by atoms with Crippen LogP contribution in [-0.4, -0.2) is 24.9 Å². The lowest BCUT2D eigenvalue weighted by Crippen LogP contribution is -2.27. The predicted molar refractivity (Wildman–Crippen MR) is 82.2 cm³/mol. The van der Waals surface area contributed by atoms with Crippen LogP contribution in [0, 0.1) is 6.92 Å². The van der Waals surface area contributed by atoms with Gasteiger partial charge in [-0.2, -0.15) is 4.31 Å². The van der Waals surface area contributed by atoms with Crippen LogP contribution in [0.4, 0.5) is 0 Å². The van der Waals surface area contributed by atoms with Gasteiger partial charge in [-0.15, -0.1) is 0 Å². The van der Waals surface area contributed by atoms with Gasteiger partial charge >= 0.3 is 0 Å². The monoisotopic (exact) mass is 373 g/mol. The highest BCUT2D eigenvalue weighted by Gasteiger charge is 2.24. The first-order valence-corrected chi connectivity index (χ1v) is 8.48. The first kappa shape index (κ1) is 16.2. The Bertz CT molecular complexity index is 739. The average Bonchev–Trinajstić information content (AvgIpc) is 2.83. The Labute approximate surface area is 132 Å². The van der Waals surface area contributed by atoms with Crippen LogP contribution in [0.15, 0.2) is 44.3 Å². The van der Waals surface area contributed by atoms with Crippen molar-refractivity contribution in [3.8, 4) is 0 Å². The van der Waals surface area contributed by atoms with Gasteiger partial charge in [-0.3, -0.25) is 0 Å². The summed E-state index contributed by atoms with van der Waals surface area (Å²) in [5.41, 5.74) is 1.47. The van der Waals surface area contributed by atoms with Crippen molar-refractivity contribution in [2.24, 2.45) is 0 Å². The van der Waals surface area contributed by atoms with Gasteiger partial charge in [0.25, 0.3) is 0 Å². The molecule has 2 aromatic rings. The fraction of sp³-hybridized carbons (Fsp3) is 0.286. The average molecular weight is 374 g/mol. The molecule has 0 bridgehead atoms. The number of aliphatic hydroxyl groups excluding tert-OH is 1. The molecule has 0 atom stereocenters. The molecule has 1 aromatic carbocycles. The summed E-state index contributed by atoms with van der Waals surface area (Å²) in [5, 5.41) is 9.08. The van der Waals surface area contributed by atoms with E-state index in [1.165, 1.54) is 23.7 Å². The van der Waals surface area contributed by atoms with Gasteiger partial charge in [0.2, 0.25) is 10.0 Å². The Morgan fingerprint density at radius 2 is 2.05 bits per heavy atom. The normalized spacial score (nSPS) is 12.0. The molecule has 1 N–H and O–H groups in total. The Morgan fingerprint density at radius 3 is 2.57 bits per heavy atom. The molecule has 0 radical (unpaired) electrons. The molecule has 0 aliphatic carbocycles. The number of benzene rings is 1. The number of nitrogens with zero attached hydrogens (tertiary/aromatic N) is 1. The summed E-state index contributed by atoms with van der Waals surface area (Å²) in [6.07, 6.45) is 1.54. The van der Waals surface area contributed by atoms with Crippen LogP contribution in [0.1, 0.15) is 16.9 Å². The maximum absolute atomic E-state index is 12.6. The minimum absolute atomic E-state index is 0.136. The van der Waals surface area contributed by atoms with E-state index in [-0.39, 0.29) is 18.0 Å². The quantitative estimate of drug-likeness (QED) is 0.874. The van der Waals surface area contributed by atoms with Gasteiger partial charge in [-0.05, 0) is 46.6 Å². The largest absolute Gasteiger partial charge is 0.469 e. The van der Waals surface area contributed by atoms with Crippen LogP contribution >= 0.6 is 15.9 Å². The summed E-state index contributed by atoms with van der Waals surface area (Å²) in [7, 11) is -2.10. The lowest BCUT2D eigenvalue weighted by atomic mass is 10.2. The third kappa shape index (κ3) is 3.37. The molecular formula is C14H16BrNO4S. The maximum Gasteiger partial charge on any atom is 0.244 e. The Hall–Kier alpha value is -1.15. The van der Waals surface area contributed by atoms with Crippen LogP contribution in [0.25, 0.3) is 0 Å². The SMILES string of the molecule is Cc1occc1CN(C)S(=O)(=O)c1ccc(CO)cc1Br. The second-order valence-electron chi connectivity index (χ2n) is 4.69. The Kier molecular flexibility index (Phi) is 4.88. The van der Waals surface area contributed by atoms with Gasteiger partial charge in [-0.1, -0.05) is 6.07 Å². The molecule has 0 saturated carbocycles. The van der Waals surface area contributed by atoms with Crippen LogP contribution in [0.3, 0.4) is 0 Å². The maximum atomic E-state index is 12.6. The van der Waals surface area contributed by atoms with E-state index in [1.807, 2.05) is 0 Å². The van der Waals surface area contributed by atoms with E-state index in [1.54, 1.807) is 25.1 Å². The fourth-order valence-corrected chi connectivity index (χ4v) is 4.15. The minimum atomic E-state index is -3.62. The fourth-order valence-electron chi connectivity index (χ4n) is 1.92. The van der Waals surface area contributed by atoms with Crippen molar-refractivity contribution >= 4 is 26.0 Å².